The van der Waals surface area contributed by atoms with E-state index in [1.807, 2.05) is 13.8 Å². The number of carbonyl (C=O) groups excluding carboxylic acids is 1. The highest BCUT2D eigenvalue weighted by Gasteiger charge is 2.17. The largest absolute Gasteiger partial charge is 0.399 e. The molecule has 1 rings (SSSR count). The van der Waals surface area contributed by atoms with Crippen LogP contribution in [0.1, 0.15) is 20.8 Å². The molecule has 20 heavy (non-hydrogen) atoms. The van der Waals surface area contributed by atoms with E-state index in [1.165, 1.54) is 0 Å². The lowest BCUT2D eigenvalue weighted by molar-refractivity contribution is -0.131. The fourth-order valence-electron chi connectivity index (χ4n) is 1.60. The first-order valence-corrected chi connectivity index (χ1v) is 6.91. The van der Waals surface area contributed by atoms with E-state index in [4.69, 9.17) is 26.8 Å². The van der Waals surface area contributed by atoms with Gasteiger partial charge in [0.2, 0.25) is 0 Å². The summed E-state index contributed by atoms with van der Waals surface area (Å²) in [5.41, 5.74) is 6.65. The molecule has 2 unspecified atom stereocenters. The molecule has 0 saturated carbocycles. The minimum Gasteiger partial charge on any atom is -0.399 e. The normalized spacial score (nSPS) is 13.8. The van der Waals surface area contributed by atoms with Gasteiger partial charge >= 0.3 is 0 Å². The minimum atomic E-state index is -0.598. The van der Waals surface area contributed by atoms with Crippen LogP contribution < -0.4 is 11.1 Å². The lowest BCUT2D eigenvalue weighted by atomic mass is 10.2. The molecule has 1 aromatic carbocycles. The summed E-state index contributed by atoms with van der Waals surface area (Å²) in [6.45, 7) is 6.52. The summed E-state index contributed by atoms with van der Waals surface area (Å²) >= 11 is 6.00. The number of nitrogens with two attached hydrogens (primary N) is 1. The SMILES string of the molecule is CCOCC(C)OC(C)C(=O)Nc1ccc(N)cc1Cl. The molecule has 2 atom stereocenters. The van der Waals surface area contributed by atoms with Gasteiger partial charge in [0.1, 0.15) is 6.10 Å². The molecule has 0 aromatic heterocycles. The number of benzene rings is 1. The van der Waals surface area contributed by atoms with E-state index >= 15 is 0 Å². The number of rotatable bonds is 7. The van der Waals surface area contributed by atoms with Crippen LogP contribution in [0.4, 0.5) is 11.4 Å². The highest BCUT2D eigenvalue weighted by Crippen LogP contribution is 2.24. The van der Waals surface area contributed by atoms with Crippen LogP contribution in [-0.4, -0.2) is 31.3 Å². The average Bonchev–Trinajstić information content (AvgIpc) is 2.39. The zero-order chi connectivity index (χ0) is 15.1. The Bertz CT molecular complexity index is 454. The summed E-state index contributed by atoms with van der Waals surface area (Å²) in [5, 5.41) is 3.10. The highest BCUT2D eigenvalue weighted by molar-refractivity contribution is 6.34. The third-order valence-electron chi connectivity index (χ3n) is 2.61. The van der Waals surface area contributed by atoms with Crippen LogP contribution in [0.5, 0.6) is 0 Å². The Morgan fingerprint density at radius 3 is 2.75 bits per heavy atom. The summed E-state index contributed by atoms with van der Waals surface area (Å²) in [5.74, 6) is -0.264. The number of hydrogen-bond donors (Lipinski definition) is 2. The van der Waals surface area contributed by atoms with Crippen molar-refractivity contribution in [1.29, 1.82) is 0 Å². The molecule has 0 spiro atoms. The van der Waals surface area contributed by atoms with Crippen molar-refractivity contribution >= 4 is 28.9 Å². The van der Waals surface area contributed by atoms with Gasteiger partial charge in [-0.15, -0.1) is 0 Å². The molecule has 5 nitrogen and oxygen atoms in total. The molecule has 6 heteroatoms. The molecular formula is C14H21ClN2O3. The summed E-state index contributed by atoms with van der Waals surface area (Å²) in [4.78, 5) is 12.0. The van der Waals surface area contributed by atoms with Crippen molar-refractivity contribution in [2.45, 2.75) is 33.0 Å². The first-order chi connectivity index (χ1) is 9.43. The van der Waals surface area contributed by atoms with Crippen LogP contribution >= 0.6 is 11.6 Å². The first kappa shape index (κ1) is 16.8. The van der Waals surface area contributed by atoms with Crippen LogP contribution in [0.2, 0.25) is 5.02 Å². The van der Waals surface area contributed by atoms with E-state index in [0.29, 0.717) is 29.6 Å². The molecule has 0 heterocycles. The summed E-state index contributed by atoms with van der Waals surface area (Å²) in [7, 11) is 0. The topological polar surface area (TPSA) is 73.6 Å². The molecule has 1 amide bonds. The number of nitrogen functional groups attached to an aromatic ring is 1. The molecule has 1 aromatic rings. The Labute approximate surface area is 124 Å². The number of nitrogens with one attached hydrogen (secondary N) is 1. The van der Waals surface area contributed by atoms with Gasteiger partial charge in [-0.25, -0.2) is 0 Å². The minimum absolute atomic E-state index is 0.155. The number of ether oxygens (including phenoxy) is 2. The van der Waals surface area contributed by atoms with E-state index in [9.17, 15) is 4.79 Å². The zero-order valence-electron chi connectivity index (χ0n) is 12.0. The maximum Gasteiger partial charge on any atom is 0.253 e. The molecule has 112 valence electrons. The number of hydrogen-bond acceptors (Lipinski definition) is 4. The number of halogens is 1. The monoisotopic (exact) mass is 300 g/mol. The van der Waals surface area contributed by atoms with E-state index in [1.54, 1.807) is 25.1 Å². The predicted octanol–water partition coefficient (Wildman–Crippen LogP) is 2.69. The maximum absolute atomic E-state index is 12.0. The van der Waals surface area contributed by atoms with Gasteiger partial charge in [0.25, 0.3) is 5.91 Å². The van der Waals surface area contributed by atoms with Gasteiger partial charge in [-0.2, -0.15) is 0 Å². The zero-order valence-corrected chi connectivity index (χ0v) is 12.7. The molecule has 0 aliphatic rings. The van der Waals surface area contributed by atoms with Crippen LogP contribution in [0.3, 0.4) is 0 Å². The quantitative estimate of drug-likeness (QED) is 0.759. The number of carbonyl (C=O) groups is 1. The molecule has 0 radical (unpaired) electrons. The Hall–Kier alpha value is -1.30. The van der Waals surface area contributed by atoms with E-state index in [-0.39, 0.29) is 12.0 Å². The Morgan fingerprint density at radius 2 is 2.15 bits per heavy atom. The average molecular weight is 301 g/mol. The van der Waals surface area contributed by atoms with Crippen LogP contribution in [0.15, 0.2) is 18.2 Å². The van der Waals surface area contributed by atoms with Crippen molar-refractivity contribution in [2.75, 3.05) is 24.3 Å². The van der Waals surface area contributed by atoms with Crippen molar-refractivity contribution in [3.05, 3.63) is 23.2 Å². The van der Waals surface area contributed by atoms with E-state index in [2.05, 4.69) is 5.32 Å². The summed E-state index contributed by atoms with van der Waals surface area (Å²) in [6, 6.07) is 4.91. The predicted molar refractivity (Wildman–Crippen MR) is 81.0 cm³/mol. The smallest absolute Gasteiger partial charge is 0.253 e. The van der Waals surface area contributed by atoms with E-state index in [0.717, 1.165) is 0 Å². The van der Waals surface area contributed by atoms with Crippen molar-refractivity contribution < 1.29 is 14.3 Å². The summed E-state index contributed by atoms with van der Waals surface area (Å²) < 4.78 is 10.8. The van der Waals surface area contributed by atoms with Gasteiger partial charge in [0, 0.05) is 12.3 Å². The van der Waals surface area contributed by atoms with Gasteiger partial charge in [-0.3, -0.25) is 4.79 Å². The van der Waals surface area contributed by atoms with Crippen molar-refractivity contribution in [2.24, 2.45) is 0 Å². The molecule has 0 aliphatic carbocycles. The molecular weight excluding hydrogens is 280 g/mol. The fourth-order valence-corrected chi connectivity index (χ4v) is 1.84. The van der Waals surface area contributed by atoms with Crippen molar-refractivity contribution in [3.63, 3.8) is 0 Å². The number of anilines is 2. The molecule has 0 fully saturated rings. The third kappa shape index (κ3) is 5.36. The second kappa shape index (κ2) is 8.09. The van der Waals surface area contributed by atoms with Gasteiger partial charge < -0.3 is 20.5 Å². The molecule has 0 aliphatic heterocycles. The Balaban J connectivity index is 2.53. The van der Waals surface area contributed by atoms with Crippen molar-refractivity contribution in [1.82, 2.24) is 0 Å². The molecule has 3 N–H and O–H groups in total. The van der Waals surface area contributed by atoms with Gasteiger partial charge in [0.05, 0.1) is 23.4 Å². The third-order valence-corrected chi connectivity index (χ3v) is 2.93. The number of amides is 1. The lowest BCUT2D eigenvalue weighted by Gasteiger charge is -2.19. The Morgan fingerprint density at radius 1 is 1.45 bits per heavy atom. The van der Waals surface area contributed by atoms with E-state index < -0.39 is 6.10 Å². The standard InChI is InChI=1S/C14H21ClN2O3/c1-4-19-8-9(2)20-10(3)14(18)17-13-6-5-11(16)7-12(13)15/h5-7,9-10H,4,8,16H2,1-3H3,(H,17,18). The molecule has 0 saturated heterocycles. The second-order valence-electron chi connectivity index (χ2n) is 4.48. The van der Waals surface area contributed by atoms with Crippen LogP contribution in [0.25, 0.3) is 0 Å². The van der Waals surface area contributed by atoms with Crippen LogP contribution in [0, 0.1) is 0 Å². The summed E-state index contributed by atoms with van der Waals surface area (Å²) in [6.07, 6.45) is -0.753. The maximum atomic E-state index is 12.0. The second-order valence-corrected chi connectivity index (χ2v) is 4.88. The highest BCUT2D eigenvalue weighted by atomic mass is 35.5. The first-order valence-electron chi connectivity index (χ1n) is 6.53. The Kier molecular flexibility index (Phi) is 6.78. The fraction of sp³-hybridized carbons (Fsp3) is 0.500. The molecule has 0 bridgehead atoms. The lowest BCUT2D eigenvalue weighted by Crippen LogP contribution is -2.32. The van der Waals surface area contributed by atoms with Gasteiger partial charge in [0.15, 0.2) is 0 Å². The van der Waals surface area contributed by atoms with Gasteiger partial charge in [-0.1, -0.05) is 11.6 Å². The van der Waals surface area contributed by atoms with Crippen molar-refractivity contribution in [3.8, 4) is 0 Å². The van der Waals surface area contributed by atoms with Crippen LogP contribution in [-0.2, 0) is 14.3 Å². The van der Waals surface area contributed by atoms with Gasteiger partial charge in [-0.05, 0) is 39.0 Å².